The predicted molar refractivity (Wildman–Crippen MR) is 115 cm³/mol. The maximum absolute atomic E-state index is 13.0. The monoisotopic (exact) mass is 435 g/mol. The van der Waals surface area contributed by atoms with E-state index in [1.54, 1.807) is 36.4 Å². The Kier molecular flexibility index (Phi) is 4.87. The van der Waals surface area contributed by atoms with E-state index < -0.39 is 24.0 Å². The number of ether oxygens (including phenoxy) is 1. The lowest BCUT2D eigenvalue weighted by molar-refractivity contribution is -0.150. The third-order valence-corrected chi connectivity index (χ3v) is 5.83. The number of nitrogens with two attached hydrogens (primary N) is 1. The van der Waals surface area contributed by atoms with E-state index in [9.17, 15) is 19.5 Å². The number of benzene rings is 2. The molecule has 3 heterocycles. The van der Waals surface area contributed by atoms with Crippen molar-refractivity contribution in [1.29, 1.82) is 0 Å². The number of fused-ring (bicyclic) bond motifs is 2. The fraction of sp³-hybridized carbons (Fsp3) is 0.273. The summed E-state index contributed by atoms with van der Waals surface area (Å²) >= 11 is 0. The number of nitrogens with zero attached hydrogens (tertiary/aromatic N) is 2. The van der Waals surface area contributed by atoms with Crippen molar-refractivity contribution in [1.82, 2.24) is 5.32 Å². The molecule has 0 bridgehead atoms. The van der Waals surface area contributed by atoms with Crippen molar-refractivity contribution in [2.24, 2.45) is 10.7 Å². The third-order valence-electron chi connectivity index (χ3n) is 5.83. The lowest BCUT2D eigenvalue weighted by atomic mass is 10.1. The highest BCUT2D eigenvalue weighted by Crippen LogP contribution is 2.26. The summed E-state index contributed by atoms with van der Waals surface area (Å²) in [6.45, 7) is 1.25. The lowest BCUT2D eigenvalue weighted by Gasteiger charge is -2.34. The van der Waals surface area contributed by atoms with Gasteiger partial charge in [-0.1, -0.05) is 0 Å². The van der Waals surface area contributed by atoms with Crippen LogP contribution in [0.25, 0.3) is 0 Å². The number of nitrogens with one attached hydrogen (secondary N) is 2. The van der Waals surface area contributed by atoms with Gasteiger partial charge in [-0.25, -0.2) is 0 Å². The van der Waals surface area contributed by atoms with Crippen molar-refractivity contribution >= 4 is 34.9 Å². The molecule has 10 heteroatoms. The molecule has 0 saturated carbocycles. The molecule has 3 aliphatic rings. The highest BCUT2D eigenvalue weighted by molar-refractivity contribution is 6.05. The molecular formula is C22H21N5O5. The van der Waals surface area contributed by atoms with E-state index in [1.165, 1.54) is 4.90 Å². The molecule has 3 amide bonds. The predicted octanol–water partition coefficient (Wildman–Crippen LogP) is -0.120. The van der Waals surface area contributed by atoms with Crippen molar-refractivity contribution in [3.8, 4) is 0 Å². The fourth-order valence-electron chi connectivity index (χ4n) is 4.14. The minimum Gasteiger partial charge on any atom is -0.383 e. The number of amides is 3. The smallest absolute Gasteiger partial charge is 0.259 e. The molecule has 32 heavy (non-hydrogen) atoms. The summed E-state index contributed by atoms with van der Waals surface area (Å²) in [7, 11) is 0. The summed E-state index contributed by atoms with van der Waals surface area (Å²) < 4.78 is 5.46. The van der Waals surface area contributed by atoms with E-state index in [4.69, 9.17) is 10.5 Å². The molecule has 2 aromatic carbocycles. The van der Waals surface area contributed by atoms with Crippen molar-refractivity contribution in [3.63, 3.8) is 0 Å². The summed E-state index contributed by atoms with van der Waals surface area (Å²) in [5.74, 6) is -0.969. The second kappa shape index (κ2) is 7.74. The first-order valence-corrected chi connectivity index (χ1v) is 10.2. The van der Waals surface area contributed by atoms with Gasteiger partial charge < -0.3 is 31.1 Å². The minimum atomic E-state index is -1.70. The van der Waals surface area contributed by atoms with Crippen LogP contribution in [0.5, 0.6) is 0 Å². The van der Waals surface area contributed by atoms with Crippen molar-refractivity contribution in [2.75, 3.05) is 23.4 Å². The van der Waals surface area contributed by atoms with Crippen LogP contribution in [0.2, 0.25) is 0 Å². The van der Waals surface area contributed by atoms with Gasteiger partial charge in [0.1, 0.15) is 5.84 Å². The second-order valence-corrected chi connectivity index (χ2v) is 7.81. The summed E-state index contributed by atoms with van der Waals surface area (Å²) in [6.07, 6.45) is -3.04. The van der Waals surface area contributed by atoms with Gasteiger partial charge in [0.2, 0.25) is 0 Å². The van der Waals surface area contributed by atoms with E-state index in [-0.39, 0.29) is 19.1 Å². The van der Waals surface area contributed by atoms with Crippen LogP contribution >= 0.6 is 0 Å². The lowest BCUT2D eigenvalue weighted by Crippen LogP contribution is -2.55. The molecule has 1 unspecified atom stereocenters. The van der Waals surface area contributed by atoms with E-state index in [0.29, 0.717) is 35.9 Å². The number of amidine groups is 1. The van der Waals surface area contributed by atoms with Crippen molar-refractivity contribution in [3.05, 3.63) is 58.7 Å². The summed E-state index contributed by atoms with van der Waals surface area (Å²) in [4.78, 5) is 43.0. The van der Waals surface area contributed by atoms with Gasteiger partial charge in [-0.2, -0.15) is 0 Å². The quantitative estimate of drug-likeness (QED) is 0.527. The van der Waals surface area contributed by atoms with Crippen LogP contribution in [0.4, 0.5) is 11.4 Å². The number of anilines is 2. The number of carbonyl (C=O) groups is 3. The Morgan fingerprint density at radius 1 is 1.22 bits per heavy atom. The normalized spacial score (nSPS) is 20.3. The standard InChI is InChI=1S/C22H21N5O5/c23-19-15-3-1-13(7-11(15)9-24-19)26-21(30)17(28)18-22(31)27(5-6-32-18)14-2-4-16-12(8-14)10-25-20(16)29/h1-4,7-8,17-18,28H,5-6,9-10H2,(H2,23,24)(H,25,29)(H,26,30)/t17-,18?/m1/s1. The highest BCUT2D eigenvalue weighted by Gasteiger charge is 2.39. The van der Waals surface area contributed by atoms with Crippen LogP contribution in [-0.4, -0.2) is 54.0 Å². The molecule has 0 spiro atoms. The van der Waals surface area contributed by atoms with Gasteiger partial charge in [-0.3, -0.25) is 19.4 Å². The molecule has 164 valence electrons. The maximum atomic E-state index is 13.0. The third kappa shape index (κ3) is 3.39. The molecule has 10 nitrogen and oxygen atoms in total. The number of morpholine rings is 1. The molecule has 0 aromatic heterocycles. The average Bonchev–Trinajstić information content (AvgIpc) is 3.35. The van der Waals surface area contributed by atoms with Gasteiger partial charge in [0, 0.05) is 35.6 Å². The Labute approximate surface area is 183 Å². The molecule has 2 atom stereocenters. The maximum Gasteiger partial charge on any atom is 0.259 e. The highest BCUT2D eigenvalue weighted by atomic mass is 16.5. The van der Waals surface area contributed by atoms with Crippen LogP contribution in [0, 0.1) is 0 Å². The number of rotatable bonds is 4. The number of hydrogen-bond acceptors (Lipinski definition) is 7. The van der Waals surface area contributed by atoms with Crippen LogP contribution < -0.4 is 21.3 Å². The molecule has 5 rings (SSSR count). The topological polar surface area (TPSA) is 146 Å². The van der Waals surface area contributed by atoms with Gasteiger partial charge in [-0.05, 0) is 47.5 Å². The Hall–Kier alpha value is -3.76. The van der Waals surface area contributed by atoms with Crippen LogP contribution in [0.1, 0.15) is 27.0 Å². The zero-order valence-electron chi connectivity index (χ0n) is 17.0. The zero-order valence-corrected chi connectivity index (χ0v) is 17.0. The largest absolute Gasteiger partial charge is 0.383 e. The van der Waals surface area contributed by atoms with Crippen molar-refractivity contribution in [2.45, 2.75) is 25.3 Å². The molecule has 0 aliphatic carbocycles. The molecule has 2 aromatic rings. The Morgan fingerprint density at radius 2 is 2.03 bits per heavy atom. The number of aliphatic hydroxyl groups is 1. The fourth-order valence-corrected chi connectivity index (χ4v) is 4.14. The van der Waals surface area contributed by atoms with Gasteiger partial charge in [0.25, 0.3) is 17.7 Å². The van der Waals surface area contributed by atoms with E-state index >= 15 is 0 Å². The molecule has 1 fully saturated rings. The molecular weight excluding hydrogens is 414 g/mol. The van der Waals surface area contributed by atoms with Crippen LogP contribution in [0.3, 0.4) is 0 Å². The summed E-state index contributed by atoms with van der Waals surface area (Å²) in [6, 6.07) is 10.2. The van der Waals surface area contributed by atoms with Gasteiger partial charge >= 0.3 is 0 Å². The van der Waals surface area contributed by atoms with Crippen LogP contribution in [-0.2, 0) is 27.4 Å². The van der Waals surface area contributed by atoms with Gasteiger partial charge in [0.05, 0.1) is 13.2 Å². The number of carbonyl (C=O) groups excluding carboxylic acids is 3. The number of aliphatic hydroxyl groups excluding tert-OH is 1. The number of hydrogen-bond donors (Lipinski definition) is 4. The average molecular weight is 435 g/mol. The van der Waals surface area contributed by atoms with Crippen molar-refractivity contribution < 1.29 is 24.2 Å². The minimum absolute atomic E-state index is 0.148. The van der Waals surface area contributed by atoms with E-state index in [1.807, 2.05) is 0 Å². The summed E-state index contributed by atoms with van der Waals surface area (Å²) in [5, 5.41) is 15.9. The Balaban J connectivity index is 1.29. The first-order chi connectivity index (χ1) is 15.4. The Morgan fingerprint density at radius 3 is 2.88 bits per heavy atom. The second-order valence-electron chi connectivity index (χ2n) is 7.81. The molecule has 3 aliphatic heterocycles. The molecule has 5 N–H and O–H groups in total. The first kappa shape index (κ1) is 20.2. The summed E-state index contributed by atoms with van der Waals surface area (Å²) in [5.41, 5.74) is 9.91. The zero-order chi connectivity index (χ0) is 22.4. The van der Waals surface area contributed by atoms with Gasteiger partial charge in [-0.15, -0.1) is 0 Å². The van der Waals surface area contributed by atoms with E-state index in [2.05, 4.69) is 15.6 Å². The number of aliphatic imine (C=N–C) groups is 1. The van der Waals surface area contributed by atoms with Gasteiger partial charge in [0.15, 0.2) is 12.2 Å². The van der Waals surface area contributed by atoms with Crippen LogP contribution in [0.15, 0.2) is 41.4 Å². The Bertz CT molecular complexity index is 1180. The molecule has 1 saturated heterocycles. The molecule has 0 radical (unpaired) electrons. The van der Waals surface area contributed by atoms with E-state index in [0.717, 1.165) is 16.7 Å². The SMILES string of the molecule is NC1=NCc2cc(NC(=O)[C@H](O)C3OCCN(c4ccc5c(c4)CNC5=O)C3=O)ccc21. The first-order valence-electron chi connectivity index (χ1n) is 10.2.